The van der Waals surface area contributed by atoms with E-state index in [9.17, 15) is 0 Å². The van der Waals surface area contributed by atoms with Crippen molar-refractivity contribution in [3.8, 4) is 5.75 Å². The predicted octanol–water partition coefficient (Wildman–Crippen LogP) is 3.94. The Kier molecular flexibility index (Phi) is 6.22. The van der Waals surface area contributed by atoms with Crippen molar-refractivity contribution in [1.29, 1.82) is 0 Å². The second kappa shape index (κ2) is 8.21. The zero-order valence-corrected chi connectivity index (χ0v) is 12.2. The summed E-state index contributed by atoms with van der Waals surface area (Å²) in [7, 11) is 0. The molecule has 19 heavy (non-hydrogen) atoms. The SMILES string of the molecule is CCCc1ccc(OCCCNC2CCCC2)cc1. The Morgan fingerprint density at radius 2 is 1.89 bits per heavy atom. The lowest BCUT2D eigenvalue weighted by Gasteiger charge is -2.12. The smallest absolute Gasteiger partial charge is 0.119 e. The Balaban J connectivity index is 1.57. The molecule has 0 spiro atoms. The Morgan fingerprint density at radius 3 is 2.58 bits per heavy atom. The normalized spacial score (nSPS) is 15.8. The fraction of sp³-hybridized carbons (Fsp3) is 0.647. The molecule has 1 aromatic carbocycles. The number of benzene rings is 1. The minimum absolute atomic E-state index is 0.772. The maximum atomic E-state index is 5.76. The highest BCUT2D eigenvalue weighted by atomic mass is 16.5. The predicted molar refractivity (Wildman–Crippen MR) is 80.8 cm³/mol. The first-order valence-electron chi connectivity index (χ1n) is 7.83. The number of ether oxygens (including phenoxy) is 1. The van der Waals surface area contributed by atoms with Gasteiger partial charge < -0.3 is 10.1 Å². The Morgan fingerprint density at radius 1 is 1.16 bits per heavy atom. The number of rotatable bonds is 8. The van der Waals surface area contributed by atoms with Crippen molar-refractivity contribution in [2.45, 2.75) is 57.9 Å². The summed E-state index contributed by atoms with van der Waals surface area (Å²) in [6, 6.07) is 9.31. The van der Waals surface area contributed by atoms with Crippen LogP contribution in [-0.2, 0) is 6.42 Å². The standard InChI is InChI=1S/C17H27NO/c1-2-6-15-9-11-17(12-10-15)19-14-5-13-18-16-7-3-4-8-16/h9-12,16,18H,2-8,13-14H2,1H3. The van der Waals surface area contributed by atoms with Crippen molar-refractivity contribution in [2.75, 3.05) is 13.2 Å². The third-order valence-corrected chi connectivity index (χ3v) is 3.84. The number of hydrogen-bond donors (Lipinski definition) is 1. The second-order valence-electron chi connectivity index (χ2n) is 5.53. The lowest BCUT2D eigenvalue weighted by molar-refractivity contribution is 0.304. The summed E-state index contributed by atoms with van der Waals surface area (Å²) in [5.74, 6) is 1.00. The van der Waals surface area contributed by atoms with Gasteiger partial charge in [-0.1, -0.05) is 38.3 Å². The van der Waals surface area contributed by atoms with E-state index in [0.29, 0.717) is 0 Å². The molecule has 2 heteroatoms. The van der Waals surface area contributed by atoms with E-state index in [1.807, 2.05) is 0 Å². The first-order chi connectivity index (χ1) is 9.38. The molecule has 0 radical (unpaired) electrons. The zero-order chi connectivity index (χ0) is 13.3. The molecule has 1 aliphatic carbocycles. The van der Waals surface area contributed by atoms with E-state index in [4.69, 9.17) is 4.74 Å². The molecule has 0 amide bonds. The van der Waals surface area contributed by atoms with E-state index in [0.717, 1.165) is 37.8 Å². The van der Waals surface area contributed by atoms with Crippen LogP contribution in [0.5, 0.6) is 5.75 Å². The molecule has 0 aromatic heterocycles. The van der Waals surface area contributed by atoms with Gasteiger partial charge in [0.25, 0.3) is 0 Å². The van der Waals surface area contributed by atoms with E-state index >= 15 is 0 Å². The molecule has 2 nitrogen and oxygen atoms in total. The van der Waals surface area contributed by atoms with Crippen LogP contribution in [0, 0.1) is 0 Å². The van der Waals surface area contributed by atoms with Gasteiger partial charge in [0.05, 0.1) is 6.61 Å². The highest BCUT2D eigenvalue weighted by Crippen LogP contribution is 2.17. The molecule has 2 rings (SSSR count). The van der Waals surface area contributed by atoms with E-state index < -0.39 is 0 Å². The zero-order valence-electron chi connectivity index (χ0n) is 12.2. The molecule has 106 valence electrons. The maximum absolute atomic E-state index is 5.76. The molecule has 0 heterocycles. The van der Waals surface area contributed by atoms with Gasteiger partial charge in [-0.2, -0.15) is 0 Å². The molecular formula is C17H27NO. The van der Waals surface area contributed by atoms with Crippen molar-refractivity contribution in [3.05, 3.63) is 29.8 Å². The molecule has 1 aromatic rings. The van der Waals surface area contributed by atoms with E-state index in [1.165, 1.54) is 37.7 Å². The topological polar surface area (TPSA) is 21.3 Å². The Labute approximate surface area is 117 Å². The summed E-state index contributed by atoms with van der Waals surface area (Å²) >= 11 is 0. The molecule has 1 aliphatic rings. The lowest BCUT2D eigenvalue weighted by Crippen LogP contribution is -2.27. The summed E-state index contributed by atoms with van der Waals surface area (Å²) in [5, 5.41) is 3.61. The molecular weight excluding hydrogens is 234 g/mol. The van der Waals surface area contributed by atoms with Gasteiger partial charge in [0.1, 0.15) is 5.75 Å². The molecule has 0 unspecified atom stereocenters. The summed E-state index contributed by atoms with van der Waals surface area (Å²) in [5.41, 5.74) is 1.40. The molecule has 1 saturated carbocycles. The molecule has 0 saturated heterocycles. The highest BCUT2D eigenvalue weighted by Gasteiger charge is 2.13. The summed E-state index contributed by atoms with van der Waals surface area (Å²) in [4.78, 5) is 0. The highest BCUT2D eigenvalue weighted by molar-refractivity contribution is 5.27. The quantitative estimate of drug-likeness (QED) is 0.716. The first kappa shape index (κ1) is 14.4. The van der Waals surface area contributed by atoms with Crippen molar-refractivity contribution < 1.29 is 4.74 Å². The summed E-state index contributed by atoms with van der Waals surface area (Å²) in [6.45, 7) is 4.10. The van der Waals surface area contributed by atoms with Crippen molar-refractivity contribution in [3.63, 3.8) is 0 Å². The molecule has 0 atom stereocenters. The van der Waals surface area contributed by atoms with Gasteiger partial charge in [0.2, 0.25) is 0 Å². The largest absolute Gasteiger partial charge is 0.494 e. The average Bonchev–Trinajstić information content (AvgIpc) is 2.94. The van der Waals surface area contributed by atoms with Crippen LogP contribution in [0.15, 0.2) is 24.3 Å². The van der Waals surface area contributed by atoms with Gasteiger partial charge in [-0.05, 0) is 49.9 Å². The van der Waals surface area contributed by atoms with Gasteiger partial charge in [-0.15, -0.1) is 0 Å². The second-order valence-corrected chi connectivity index (χ2v) is 5.53. The van der Waals surface area contributed by atoms with Crippen LogP contribution in [0.3, 0.4) is 0 Å². The van der Waals surface area contributed by atoms with Crippen LogP contribution >= 0.6 is 0 Å². The van der Waals surface area contributed by atoms with Gasteiger partial charge in [0, 0.05) is 6.04 Å². The van der Waals surface area contributed by atoms with Gasteiger partial charge in [-0.25, -0.2) is 0 Å². The molecule has 1 fully saturated rings. The van der Waals surface area contributed by atoms with E-state index in [2.05, 4.69) is 36.5 Å². The van der Waals surface area contributed by atoms with Crippen LogP contribution in [0.2, 0.25) is 0 Å². The van der Waals surface area contributed by atoms with E-state index in [-0.39, 0.29) is 0 Å². The van der Waals surface area contributed by atoms with Crippen molar-refractivity contribution >= 4 is 0 Å². The number of aryl methyl sites for hydroxylation is 1. The van der Waals surface area contributed by atoms with Crippen LogP contribution < -0.4 is 10.1 Å². The van der Waals surface area contributed by atoms with Crippen LogP contribution in [-0.4, -0.2) is 19.2 Å². The minimum Gasteiger partial charge on any atom is -0.494 e. The average molecular weight is 261 g/mol. The van der Waals surface area contributed by atoms with Crippen molar-refractivity contribution in [2.24, 2.45) is 0 Å². The molecule has 1 N–H and O–H groups in total. The number of hydrogen-bond acceptors (Lipinski definition) is 2. The molecule has 0 bridgehead atoms. The first-order valence-corrected chi connectivity index (χ1v) is 7.83. The fourth-order valence-corrected chi connectivity index (χ4v) is 2.74. The van der Waals surface area contributed by atoms with Crippen LogP contribution in [0.1, 0.15) is 51.0 Å². The maximum Gasteiger partial charge on any atom is 0.119 e. The number of nitrogens with one attached hydrogen (secondary N) is 1. The van der Waals surface area contributed by atoms with E-state index in [1.54, 1.807) is 0 Å². The lowest BCUT2D eigenvalue weighted by atomic mass is 10.1. The van der Waals surface area contributed by atoms with Crippen molar-refractivity contribution in [1.82, 2.24) is 5.32 Å². The van der Waals surface area contributed by atoms with Gasteiger partial charge in [0.15, 0.2) is 0 Å². The Bertz CT molecular complexity index is 341. The molecule has 0 aliphatic heterocycles. The van der Waals surface area contributed by atoms with Crippen LogP contribution in [0.25, 0.3) is 0 Å². The van der Waals surface area contributed by atoms with Gasteiger partial charge >= 0.3 is 0 Å². The third-order valence-electron chi connectivity index (χ3n) is 3.84. The monoisotopic (exact) mass is 261 g/mol. The fourth-order valence-electron chi connectivity index (χ4n) is 2.74. The van der Waals surface area contributed by atoms with Crippen LogP contribution in [0.4, 0.5) is 0 Å². The summed E-state index contributed by atoms with van der Waals surface area (Å²) in [6.07, 6.45) is 8.97. The Hall–Kier alpha value is -1.02. The summed E-state index contributed by atoms with van der Waals surface area (Å²) < 4.78 is 5.76. The third kappa shape index (κ3) is 5.23. The minimum atomic E-state index is 0.772. The van der Waals surface area contributed by atoms with Gasteiger partial charge in [-0.3, -0.25) is 0 Å².